The van der Waals surface area contributed by atoms with Crippen molar-refractivity contribution in [2.75, 3.05) is 12.0 Å². The summed E-state index contributed by atoms with van der Waals surface area (Å²) in [4.78, 5) is 4.32. The van der Waals surface area contributed by atoms with E-state index in [-0.39, 0.29) is 5.75 Å². The minimum absolute atomic E-state index is 0.275. The first-order chi connectivity index (χ1) is 7.81. The lowest BCUT2D eigenvalue weighted by Crippen LogP contribution is -2.01. The van der Waals surface area contributed by atoms with Crippen LogP contribution in [0, 0.1) is 0 Å². The number of hydrogen-bond donors (Lipinski definition) is 1. The van der Waals surface area contributed by atoms with Gasteiger partial charge in [-0.2, -0.15) is 11.8 Å². The van der Waals surface area contributed by atoms with Crippen molar-refractivity contribution in [1.29, 1.82) is 0 Å². The van der Waals surface area contributed by atoms with Crippen LogP contribution < -0.4 is 0 Å². The molecule has 0 saturated heterocycles. The first kappa shape index (κ1) is 11.1. The molecule has 0 aliphatic carbocycles. The summed E-state index contributed by atoms with van der Waals surface area (Å²) in [5.74, 6) is 2.24. The van der Waals surface area contributed by atoms with E-state index in [0.717, 1.165) is 23.7 Å². The number of nitrogens with zero attached hydrogens (tertiary/aromatic N) is 2. The zero-order valence-corrected chi connectivity index (χ0v) is 9.94. The standard InChI is InChI=1S/C12H14N2OS/c1-16-8-7-14-6-5-13-12(14)10-3-2-4-11(15)9-10/h2-6,9,15H,7-8H2,1H3. The minimum atomic E-state index is 0.275. The van der Waals surface area contributed by atoms with Gasteiger partial charge in [0.1, 0.15) is 11.6 Å². The first-order valence-electron chi connectivity index (χ1n) is 5.11. The Morgan fingerprint density at radius 1 is 1.44 bits per heavy atom. The summed E-state index contributed by atoms with van der Waals surface area (Å²) in [5, 5.41) is 9.44. The highest BCUT2D eigenvalue weighted by molar-refractivity contribution is 7.98. The van der Waals surface area contributed by atoms with Crippen molar-refractivity contribution < 1.29 is 5.11 Å². The number of aromatic hydroxyl groups is 1. The fraction of sp³-hybridized carbons (Fsp3) is 0.250. The Morgan fingerprint density at radius 2 is 2.31 bits per heavy atom. The maximum absolute atomic E-state index is 9.44. The maximum atomic E-state index is 9.44. The van der Waals surface area contributed by atoms with E-state index in [4.69, 9.17) is 0 Å². The molecule has 0 unspecified atom stereocenters. The molecular weight excluding hydrogens is 220 g/mol. The van der Waals surface area contributed by atoms with Gasteiger partial charge in [0.15, 0.2) is 0 Å². The Balaban J connectivity index is 2.29. The second-order valence-corrected chi connectivity index (χ2v) is 4.47. The van der Waals surface area contributed by atoms with Gasteiger partial charge in [-0.05, 0) is 18.4 Å². The van der Waals surface area contributed by atoms with E-state index in [1.807, 2.05) is 30.1 Å². The Kier molecular flexibility index (Phi) is 3.51. The predicted octanol–water partition coefficient (Wildman–Crippen LogP) is 2.62. The van der Waals surface area contributed by atoms with Crippen LogP contribution in [0.25, 0.3) is 11.4 Å². The van der Waals surface area contributed by atoms with Crippen LogP contribution in [0.15, 0.2) is 36.7 Å². The fourth-order valence-electron chi connectivity index (χ4n) is 1.58. The van der Waals surface area contributed by atoms with Crippen LogP contribution in [0.5, 0.6) is 5.75 Å². The monoisotopic (exact) mass is 234 g/mol. The zero-order valence-electron chi connectivity index (χ0n) is 9.13. The molecule has 3 nitrogen and oxygen atoms in total. The molecule has 0 spiro atoms. The number of aromatic nitrogens is 2. The van der Waals surface area contributed by atoms with E-state index < -0.39 is 0 Å². The molecule has 0 aliphatic rings. The Morgan fingerprint density at radius 3 is 3.06 bits per heavy atom. The molecule has 1 heterocycles. The average Bonchev–Trinajstić information content (AvgIpc) is 2.74. The third-order valence-corrected chi connectivity index (χ3v) is 2.95. The molecule has 0 atom stereocenters. The normalized spacial score (nSPS) is 10.6. The molecule has 16 heavy (non-hydrogen) atoms. The zero-order chi connectivity index (χ0) is 11.4. The minimum Gasteiger partial charge on any atom is -0.508 e. The van der Waals surface area contributed by atoms with Gasteiger partial charge in [0.2, 0.25) is 0 Å². The number of phenolic OH excluding ortho intramolecular Hbond substituents is 1. The van der Waals surface area contributed by atoms with Crippen LogP contribution in [0.2, 0.25) is 0 Å². The quantitative estimate of drug-likeness (QED) is 0.883. The van der Waals surface area contributed by atoms with Crippen molar-refractivity contribution >= 4 is 11.8 Å². The lowest BCUT2D eigenvalue weighted by atomic mass is 10.2. The average molecular weight is 234 g/mol. The molecule has 1 aromatic heterocycles. The Labute approximate surface area is 99.1 Å². The summed E-state index contributed by atoms with van der Waals surface area (Å²) in [5.41, 5.74) is 0.950. The summed E-state index contributed by atoms with van der Waals surface area (Å²) in [6, 6.07) is 7.19. The SMILES string of the molecule is CSCCn1ccnc1-c1cccc(O)c1. The predicted molar refractivity (Wildman–Crippen MR) is 67.7 cm³/mol. The van der Waals surface area contributed by atoms with Crippen molar-refractivity contribution in [2.24, 2.45) is 0 Å². The van der Waals surface area contributed by atoms with E-state index in [1.54, 1.807) is 18.3 Å². The van der Waals surface area contributed by atoms with E-state index in [2.05, 4.69) is 15.8 Å². The molecule has 0 fully saturated rings. The summed E-state index contributed by atoms with van der Waals surface area (Å²) in [7, 11) is 0. The summed E-state index contributed by atoms with van der Waals surface area (Å²) < 4.78 is 2.10. The van der Waals surface area contributed by atoms with Gasteiger partial charge in [-0.15, -0.1) is 0 Å². The lowest BCUT2D eigenvalue weighted by molar-refractivity contribution is 0.475. The van der Waals surface area contributed by atoms with Gasteiger partial charge in [0.25, 0.3) is 0 Å². The topological polar surface area (TPSA) is 38.0 Å². The summed E-state index contributed by atoms with van der Waals surface area (Å²) in [6.45, 7) is 0.937. The molecule has 4 heteroatoms. The van der Waals surface area contributed by atoms with Gasteiger partial charge in [0, 0.05) is 30.3 Å². The molecule has 0 amide bonds. The van der Waals surface area contributed by atoms with Gasteiger partial charge in [0.05, 0.1) is 0 Å². The molecule has 0 saturated carbocycles. The van der Waals surface area contributed by atoms with Gasteiger partial charge in [-0.1, -0.05) is 12.1 Å². The number of hydrogen-bond acceptors (Lipinski definition) is 3. The number of thioether (sulfide) groups is 1. The fourth-order valence-corrected chi connectivity index (χ4v) is 1.96. The van der Waals surface area contributed by atoms with Crippen LogP contribution in [0.1, 0.15) is 0 Å². The molecule has 0 bridgehead atoms. The Hall–Kier alpha value is -1.42. The van der Waals surface area contributed by atoms with E-state index >= 15 is 0 Å². The van der Waals surface area contributed by atoms with Crippen LogP contribution in [0.4, 0.5) is 0 Å². The molecule has 1 aromatic carbocycles. The first-order valence-corrected chi connectivity index (χ1v) is 6.50. The van der Waals surface area contributed by atoms with Crippen molar-refractivity contribution in [3.05, 3.63) is 36.7 Å². The van der Waals surface area contributed by atoms with Crippen molar-refractivity contribution in [2.45, 2.75) is 6.54 Å². The van der Waals surface area contributed by atoms with E-state index in [0.29, 0.717) is 0 Å². The third kappa shape index (κ3) is 2.39. The third-order valence-electron chi connectivity index (χ3n) is 2.36. The maximum Gasteiger partial charge on any atom is 0.140 e. The smallest absolute Gasteiger partial charge is 0.140 e. The van der Waals surface area contributed by atoms with Crippen LogP contribution in [-0.2, 0) is 6.54 Å². The van der Waals surface area contributed by atoms with Crippen molar-refractivity contribution in [3.8, 4) is 17.1 Å². The summed E-state index contributed by atoms with van der Waals surface area (Å²) >= 11 is 1.81. The van der Waals surface area contributed by atoms with Crippen LogP contribution in [-0.4, -0.2) is 26.7 Å². The second-order valence-electron chi connectivity index (χ2n) is 3.49. The highest BCUT2D eigenvalue weighted by atomic mass is 32.2. The van der Waals surface area contributed by atoms with Gasteiger partial charge >= 0.3 is 0 Å². The van der Waals surface area contributed by atoms with Gasteiger partial charge < -0.3 is 9.67 Å². The second kappa shape index (κ2) is 5.07. The molecular formula is C12H14N2OS. The van der Waals surface area contributed by atoms with E-state index in [1.165, 1.54) is 0 Å². The van der Waals surface area contributed by atoms with E-state index in [9.17, 15) is 5.11 Å². The lowest BCUT2D eigenvalue weighted by Gasteiger charge is -2.06. The number of benzene rings is 1. The molecule has 2 aromatic rings. The van der Waals surface area contributed by atoms with Crippen molar-refractivity contribution in [3.63, 3.8) is 0 Å². The highest BCUT2D eigenvalue weighted by Crippen LogP contribution is 2.21. The Bertz CT molecular complexity index is 468. The van der Waals surface area contributed by atoms with Crippen LogP contribution in [0.3, 0.4) is 0 Å². The van der Waals surface area contributed by atoms with Crippen LogP contribution >= 0.6 is 11.8 Å². The molecule has 2 rings (SSSR count). The molecule has 1 N–H and O–H groups in total. The summed E-state index contributed by atoms with van der Waals surface area (Å²) in [6.07, 6.45) is 5.85. The molecule has 0 aliphatic heterocycles. The number of imidazole rings is 1. The number of phenols is 1. The van der Waals surface area contributed by atoms with Crippen molar-refractivity contribution in [1.82, 2.24) is 9.55 Å². The number of aryl methyl sites for hydroxylation is 1. The van der Waals surface area contributed by atoms with Gasteiger partial charge in [-0.3, -0.25) is 0 Å². The largest absolute Gasteiger partial charge is 0.508 e. The number of rotatable bonds is 4. The highest BCUT2D eigenvalue weighted by Gasteiger charge is 2.05. The molecule has 0 radical (unpaired) electrons. The molecule has 84 valence electrons. The van der Waals surface area contributed by atoms with Gasteiger partial charge in [-0.25, -0.2) is 4.98 Å².